The molecule has 0 spiro atoms. The smallest absolute Gasteiger partial charge is 0.306 e. The fourth-order valence-corrected chi connectivity index (χ4v) is 2.92. The Labute approximate surface area is 129 Å². The number of hydrogen-bond acceptors (Lipinski definition) is 3. The quantitative estimate of drug-likeness (QED) is 0.512. The Morgan fingerprint density at radius 1 is 1.00 bits per heavy atom. The van der Waals surface area contributed by atoms with Gasteiger partial charge in [0.05, 0.1) is 23.8 Å². The Morgan fingerprint density at radius 2 is 1.43 bits per heavy atom. The molecule has 0 aliphatic rings. The maximum absolute atomic E-state index is 12.7. The van der Waals surface area contributed by atoms with Crippen LogP contribution in [0.5, 0.6) is 0 Å². The molecule has 1 aromatic rings. The first-order valence-electron chi connectivity index (χ1n) is 6.39. The maximum atomic E-state index is 12.7. The van der Waals surface area contributed by atoms with Crippen molar-refractivity contribution in [3.05, 3.63) is 34.9 Å². The van der Waals surface area contributed by atoms with Crippen molar-refractivity contribution < 1.29 is 40.0 Å². The second-order valence-corrected chi connectivity index (χ2v) is 7.12. The van der Waals surface area contributed by atoms with Gasteiger partial charge in [-0.2, -0.15) is 26.3 Å². The van der Waals surface area contributed by atoms with Gasteiger partial charge in [0.25, 0.3) is 0 Å². The summed E-state index contributed by atoms with van der Waals surface area (Å²) in [6.07, 6.45) is -10.4. The van der Waals surface area contributed by atoms with Gasteiger partial charge in [-0.1, -0.05) is 0 Å². The lowest BCUT2D eigenvalue weighted by molar-refractivity contribution is -0.143. The number of alkyl halides is 6. The summed E-state index contributed by atoms with van der Waals surface area (Å²) >= 11 is 0. The molecule has 0 heterocycles. The van der Waals surface area contributed by atoms with E-state index in [0.29, 0.717) is 12.1 Å². The Balaban J connectivity index is 3.09. The molecular weight excluding hydrogens is 349 g/mol. The molecule has 0 radical (unpaired) electrons. The monoisotopic (exact) mass is 364 g/mol. The van der Waals surface area contributed by atoms with E-state index in [0.717, 1.165) is 6.66 Å². The van der Waals surface area contributed by atoms with E-state index < -0.39 is 49.3 Å². The van der Waals surface area contributed by atoms with Crippen molar-refractivity contribution in [2.45, 2.75) is 38.9 Å². The van der Waals surface area contributed by atoms with Gasteiger partial charge in [0.2, 0.25) is 0 Å². The molecule has 0 aliphatic heterocycles. The average molecular weight is 364 g/mol. The number of hydrogen-bond donors (Lipinski definition) is 0. The first-order valence-corrected chi connectivity index (χ1v) is 8.38. The van der Waals surface area contributed by atoms with Gasteiger partial charge in [0.1, 0.15) is 0 Å². The second-order valence-electron chi connectivity index (χ2n) is 5.11. The van der Waals surface area contributed by atoms with E-state index in [1.807, 2.05) is 0 Å². The van der Waals surface area contributed by atoms with Gasteiger partial charge in [0, 0.05) is 6.66 Å². The summed E-state index contributed by atoms with van der Waals surface area (Å²) in [5, 5.41) is 0. The van der Waals surface area contributed by atoms with E-state index in [1.54, 1.807) is 13.8 Å². The maximum Gasteiger partial charge on any atom is 0.416 e. The molecule has 132 valence electrons. The van der Waals surface area contributed by atoms with Gasteiger partial charge in [0.15, 0.2) is 0 Å². The van der Waals surface area contributed by atoms with Crippen LogP contribution < -0.4 is 0 Å². The van der Waals surface area contributed by atoms with Gasteiger partial charge < -0.3 is 9.05 Å². The van der Waals surface area contributed by atoms with Crippen LogP contribution in [0.15, 0.2) is 18.2 Å². The van der Waals surface area contributed by atoms with Crippen LogP contribution in [0.2, 0.25) is 0 Å². The van der Waals surface area contributed by atoms with E-state index in [-0.39, 0.29) is 6.07 Å². The molecule has 0 amide bonds. The Bertz CT molecular complexity index is 562. The van der Waals surface area contributed by atoms with E-state index in [2.05, 4.69) is 0 Å². The number of halogens is 6. The van der Waals surface area contributed by atoms with Crippen molar-refractivity contribution >= 4 is 7.60 Å². The highest BCUT2D eigenvalue weighted by Crippen LogP contribution is 2.46. The van der Waals surface area contributed by atoms with Crippen molar-refractivity contribution in [2.24, 2.45) is 0 Å². The van der Waals surface area contributed by atoms with Crippen LogP contribution in [0.25, 0.3) is 0 Å². The molecule has 0 N–H and O–H groups in total. The second kappa shape index (κ2) is 6.83. The van der Waals surface area contributed by atoms with Crippen LogP contribution in [0, 0.1) is 0 Å². The normalized spacial score (nSPS) is 15.7. The van der Waals surface area contributed by atoms with Crippen LogP contribution in [0.4, 0.5) is 26.3 Å². The van der Waals surface area contributed by atoms with Gasteiger partial charge in [-0.15, -0.1) is 0 Å². The van der Waals surface area contributed by atoms with E-state index in [4.69, 9.17) is 9.05 Å². The summed E-state index contributed by atoms with van der Waals surface area (Å²) in [7, 11) is -3.59. The van der Waals surface area contributed by atoms with Gasteiger partial charge in [-0.05, 0) is 37.6 Å². The Hall–Kier alpha value is -1.05. The Kier molecular flexibility index (Phi) is 5.93. The minimum Gasteiger partial charge on any atom is -0.306 e. The summed E-state index contributed by atoms with van der Waals surface area (Å²) in [5.41, 5.74) is -3.31. The molecule has 10 heteroatoms. The minimum absolute atomic E-state index is 0.0135. The number of rotatable bonds is 5. The highest BCUT2D eigenvalue weighted by Gasteiger charge is 2.37. The molecule has 1 unspecified atom stereocenters. The van der Waals surface area contributed by atoms with Crippen LogP contribution in [0.3, 0.4) is 0 Å². The predicted octanol–water partition coefficient (Wildman–Crippen LogP) is 5.49. The van der Waals surface area contributed by atoms with Crippen molar-refractivity contribution in [2.75, 3.05) is 6.66 Å². The third-order valence-electron chi connectivity index (χ3n) is 2.52. The van der Waals surface area contributed by atoms with Gasteiger partial charge in [-0.25, -0.2) is 0 Å². The van der Waals surface area contributed by atoms with E-state index in [1.165, 1.54) is 0 Å². The summed E-state index contributed by atoms with van der Waals surface area (Å²) in [6.45, 7) is 3.51. The SMILES string of the molecule is CC(C)OP(C)(=O)OCc1cc(C(F)(F)F)cc(C(F)(F)F)c1. The zero-order valence-electron chi connectivity index (χ0n) is 12.5. The minimum atomic E-state index is -4.94. The summed E-state index contributed by atoms with van der Waals surface area (Å²) < 4.78 is 97.8. The molecular formula is C13H15F6O3P. The molecule has 1 atom stereocenters. The lowest BCUT2D eigenvalue weighted by Gasteiger charge is -2.18. The summed E-state index contributed by atoms with van der Waals surface area (Å²) in [5.74, 6) is 0. The topological polar surface area (TPSA) is 35.5 Å². The fourth-order valence-electron chi connectivity index (χ4n) is 1.71. The summed E-state index contributed by atoms with van der Waals surface area (Å²) in [4.78, 5) is 0. The van der Waals surface area contributed by atoms with Crippen LogP contribution in [-0.2, 0) is 32.6 Å². The molecule has 0 saturated carbocycles. The zero-order chi connectivity index (χ0) is 18.1. The first kappa shape index (κ1) is 20.0. The van der Waals surface area contributed by atoms with Gasteiger partial charge >= 0.3 is 19.9 Å². The largest absolute Gasteiger partial charge is 0.416 e. The van der Waals surface area contributed by atoms with Crippen molar-refractivity contribution in [3.8, 4) is 0 Å². The van der Waals surface area contributed by atoms with Crippen molar-refractivity contribution in [1.29, 1.82) is 0 Å². The van der Waals surface area contributed by atoms with Gasteiger partial charge in [-0.3, -0.25) is 4.57 Å². The van der Waals surface area contributed by atoms with Crippen LogP contribution in [0.1, 0.15) is 30.5 Å². The molecule has 0 fully saturated rings. The van der Waals surface area contributed by atoms with E-state index >= 15 is 0 Å². The zero-order valence-corrected chi connectivity index (χ0v) is 13.4. The lowest BCUT2D eigenvalue weighted by Crippen LogP contribution is -2.12. The van der Waals surface area contributed by atoms with E-state index in [9.17, 15) is 30.9 Å². The highest BCUT2D eigenvalue weighted by atomic mass is 31.2. The Morgan fingerprint density at radius 3 is 1.78 bits per heavy atom. The van der Waals surface area contributed by atoms with Crippen molar-refractivity contribution in [3.63, 3.8) is 0 Å². The molecule has 0 bridgehead atoms. The van der Waals surface area contributed by atoms with Crippen LogP contribution >= 0.6 is 7.60 Å². The molecule has 1 aromatic carbocycles. The average Bonchev–Trinajstić information content (AvgIpc) is 2.32. The number of benzene rings is 1. The predicted molar refractivity (Wildman–Crippen MR) is 71.0 cm³/mol. The fraction of sp³-hybridized carbons (Fsp3) is 0.538. The molecule has 1 rings (SSSR count). The standard InChI is InChI=1S/C13H15F6O3P/c1-8(2)22-23(3,20)21-7-9-4-10(12(14,15)16)6-11(5-9)13(17,18)19/h4-6,8H,7H2,1-3H3. The first-order chi connectivity index (χ1) is 10.2. The molecule has 0 saturated heterocycles. The molecule has 0 aliphatic carbocycles. The van der Waals surface area contributed by atoms with Crippen LogP contribution in [-0.4, -0.2) is 12.8 Å². The third kappa shape index (κ3) is 6.53. The molecule has 0 aromatic heterocycles. The lowest BCUT2D eigenvalue weighted by atomic mass is 10.1. The third-order valence-corrected chi connectivity index (χ3v) is 3.92. The molecule has 23 heavy (non-hydrogen) atoms. The van der Waals surface area contributed by atoms with Crippen molar-refractivity contribution in [1.82, 2.24) is 0 Å². The highest BCUT2D eigenvalue weighted by molar-refractivity contribution is 7.52. The molecule has 3 nitrogen and oxygen atoms in total. The summed E-state index contributed by atoms with van der Waals surface area (Å²) in [6, 6.07) is 1.05.